The fraction of sp³-hybridized carbons (Fsp3) is 0.562. The van der Waals surface area contributed by atoms with Crippen LogP contribution in [0.3, 0.4) is 0 Å². The summed E-state index contributed by atoms with van der Waals surface area (Å²) in [6.45, 7) is 4.03. The third kappa shape index (κ3) is 4.06. The molecule has 1 saturated carbocycles. The van der Waals surface area contributed by atoms with Crippen molar-refractivity contribution in [2.24, 2.45) is 0 Å². The predicted octanol–water partition coefficient (Wildman–Crippen LogP) is 2.78. The molecule has 1 aliphatic carbocycles. The standard InChI is InChI=1S/C16H24N2O/c1-12(14-8-4-3-5-9-14)17-13(2)16(19)18-15-10-6-7-11-15/h3-5,8-9,12-13,15,17H,6-7,10-11H2,1-2H3,(H,18,19)/t12-,13?/m1/s1. The lowest BCUT2D eigenvalue weighted by atomic mass is 10.1. The summed E-state index contributed by atoms with van der Waals surface area (Å²) >= 11 is 0. The third-order valence-electron chi connectivity index (χ3n) is 3.89. The molecule has 0 aromatic heterocycles. The average molecular weight is 260 g/mol. The van der Waals surface area contributed by atoms with E-state index in [1.54, 1.807) is 0 Å². The Morgan fingerprint density at radius 2 is 1.79 bits per heavy atom. The lowest BCUT2D eigenvalue weighted by Gasteiger charge is -2.21. The number of nitrogens with one attached hydrogen (secondary N) is 2. The maximum absolute atomic E-state index is 12.1. The SMILES string of the molecule is CC(N[C@H](C)c1ccccc1)C(=O)NC1CCCC1. The molecule has 2 atom stereocenters. The highest BCUT2D eigenvalue weighted by molar-refractivity contribution is 5.81. The van der Waals surface area contributed by atoms with Crippen LogP contribution in [-0.2, 0) is 4.79 Å². The zero-order valence-electron chi connectivity index (χ0n) is 11.9. The highest BCUT2D eigenvalue weighted by Gasteiger charge is 2.21. The summed E-state index contributed by atoms with van der Waals surface area (Å²) < 4.78 is 0. The molecule has 19 heavy (non-hydrogen) atoms. The number of carbonyl (C=O) groups excluding carboxylic acids is 1. The van der Waals surface area contributed by atoms with Crippen LogP contribution >= 0.6 is 0 Å². The smallest absolute Gasteiger partial charge is 0.237 e. The van der Waals surface area contributed by atoms with Gasteiger partial charge in [-0.1, -0.05) is 43.2 Å². The van der Waals surface area contributed by atoms with Gasteiger partial charge < -0.3 is 5.32 Å². The van der Waals surface area contributed by atoms with Crippen LogP contribution in [0.4, 0.5) is 0 Å². The number of rotatable bonds is 5. The Morgan fingerprint density at radius 1 is 1.16 bits per heavy atom. The molecule has 1 aliphatic rings. The van der Waals surface area contributed by atoms with E-state index in [1.165, 1.54) is 18.4 Å². The Kier molecular flexibility index (Phi) is 4.97. The van der Waals surface area contributed by atoms with Crippen LogP contribution in [0.1, 0.15) is 51.1 Å². The first kappa shape index (κ1) is 14.1. The van der Waals surface area contributed by atoms with Gasteiger partial charge in [-0.05, 0) is 32.3 Å². The van der Waals surface area contributed by atoms with E-state index in [4.69, 9.17) is 0 Å². The molecule has 0 radical (unpaired) electrons. The van der Waals surface area contributed by atoms with E-state index in [0.717, 1.165) is 12.8 Å². The Hall–Kier alpha value is -1.35. The minimum Gasteiger partial charge on any atom is -0.352 e. The lowest BCUT2D eigenvalue weighted by molar-refractivity contribution is -0.123. The molecule has 104 valence electrons. The molecule has 0 heterocycles. The monoisotopic (exact) mass is 260 g/mol. The number of carbonyl (C=O) groups is 1. The van der Waals surface area contributed by atoms with Gasteiger partial charge in [0.05, 0.1) is 6.04 Å². The van der Waals surface area contributed by atoms with Crippen molar-refractivity contribution in [1.82, 2.24) is 10.6 Å². The normalized spacial score (nSPS) is 19.1. The zero-order valence-corrected chi connectivity index (χ0v) is 11.9. The summed E-state index contributed by atoms with van der Waals surface area (Å²) in [4.78, 5) is 12.1. The van der Waals surface area contributed by atoms with Crippen molar-refractivity contribution in [2.45, 2.75) is 57.7 Å². The number of hydrogen-bond acceptors (Lipinski definition) is 2. The van der Waals surface area contributed by atoms with Gasteiger partial charge in [-0.25, -0.2) is 0 Å². The van der Waals surface area contributed by atoms with Crippen LogP contribution in [-0.4, -0.2) is 18.0 Å². The van der Waals surface area contributed by atoms with Crippen LogP contribution in [0.15, 0.2) is 30.3 Å². The van der Waals surface area contributed by atoms with Gasteiger partial charge in [0.25, 0.3) is 0 Å². The first-order chi connectivity index (χ1) is 9.16. The predicted molar refractivity (Wildman–Crippen MR) is 77.9 cm³/mol. The van der Waals surface area contributed by atoms with Crippen LogP contribution in [0.25, 0.3) is 0 Å². The molecule has 1 amide bonds. The highest BCUT2D eigenvalue weighted by atomic mass is 16.2. The van der Waals surface area contributed by atoms with Gasteiger partial charge in [-0.2, -0.15) is 0 Å². The molecule has 0 aliphatic heterocycles. The van der Waals surface area contributed by atoms with Gasteiger partial charge in [0, 0.05) is 12.1 Å². The molecule has 1 aromatic carbocycles. The lowest BCUT2D eigenvalue weighted by Crippen LogP contribution is -2.46. The molecular weight excluding hydrogens is 236 g/mol. The Bertz CT molecular complexity index is 398. The van der Waals surface area contributed by atoms with Gasteiger partial charge >= 0.3 is 0 Å². The van der Waals surface area contributed by atoms with Gasteiger partial charge in [0.1, 0.15) is 0 Å². The van der Waals surface area contributed by atoms with Crippen LogP contribution in [0.2, 0.25) is 0 Å². The summed E-state index contributed by atoms with van der Waals surface area (Å²) in [6.07, 6.45) is 4.75. The van der Waals surface area contributed by atoms with Crippen molar-refractivity contribution in [3.05, 3.63) is 35.9 Å². The van der Waals surface area contributed by atoms with E-state index in [1.807, 2.05) is 25.1 Å². The molecule has 2 N–H and O–H groups in total. The molecule has 0 saturated heterocycles. The van der Waals surface area contributed by atoms with Crippen molar-refractivity contribution in [3.63, 3.8) is 0 Å². The van der Waals surface area contributed by atoms with Crippen molar-refractivity contribution in [1.29, 1.82) is 0 Å². The quantitative estimate of drug-likeness (QED) is 0.854. The summed E-state index contributed by atoms with van der Waals surface area (Å²) in [5, 5.41) is 6.49. The second-order valence-corrected chi connectivity index (χ2v) is 5.51. The van der Waals surface area contributed by atoms with Gasteiger partial charge in [0.15, 0.2) is 0 Å². The molecular formula is C16H24N2O. The van der Waals surface area contributed by atoms with E-state index in [9.17, 15) is 4.79 Å². The minimum absolute atomic E-state index is 0.120. The van der Waals surface area contributed by atoms with E-state index in [2.05, 4.69) is 29.7 Å². The first-order valence-electron chi connectivity index (χ1n) is 7.28. The summed E-state index contributed by atoms with van der Waals surface area (Å²) in [6, 6.07) is 10.6. The second-order valence-electron chi connectivity index (χ2n) is 5.51. The van der Waals surface area contributed by atoms with Crippen LogP contribution < -0.4 is 10.6 Å². The highest BCUT2D eigenvalue weighted by Crippen LogP contribution is 2.18. The number of benzene rings is 1. The van der Waals surface area contributed by atoms with E-state index < -0.39 is 0 Å². The van der Waals surface area contributed by atoms with Gasteiger partial charge in [0.2, 0.25) is 5.91 Å². The number of amides is 1. The Morgan fingerprint density at radius 3 is 2.42 bits per heavy atom. The summed E-state index contributed by atoms with van der Waals surface area (Å²) in [5.41, 5.74) is 1.21. The van der Waals surface area contributed by atoms with Crippen LogP contribution in [0, 0.1) is 0 Å². The van der Waals surface area contributed by atoms with Gasteiger partial charge in [-0.15, -0.1) is 0 Å². The Balaban J connectivity index is 1.82. The molecule has 3 heteroatoms. The maximum Gasteiger partial charge on any atom is 0.237 e. The van der Waals surface area contributed by atoms with Crippen molar-refractivity contribution in [2.75, 3.05) is 0 Å². The molecule has 0 spiro atoms. The molecule has 2 rings (SSSR count). The van der Waals surface area contributed by atoms with E-state index >= 15 is 0 Å². The molecule has 1 unspecified atom stereocenters. The average Bonchev–Trinajstić information content (AvgIpc) is 2.92. The first-order valence-corrected chi connectivity index (χ1v) is 7.28. The largest absolute Gasteiger partial charge is 0.352 e. The van der Waals surface area contributed by atoms with E-state index in [-0.39, 0.29) is 18.0 Å². The fourth-order valence-corrected chi connectivity index (χ4v) is 2.68. The molecule has 1 fully saturated rings. The minimum atomic E-state index is -0.157. The van der Waals surface area contributed by atoms with Crippen LogP contribution in [0.5, 0.6) is 0 Å². The maximum atomic E-state index is 12.1. The molecule has 3 nitrogen and oxygen atoms in total. The fourth-order valence-electron chi connectivity index (χ4n) is 2.68. The second kappa shape index (κ2) is 6.71. The third-order valence-corrected chi connectivity index (χ3v) is 3.89. The number of hydrogen-bond donors (Lipinski definition) is 2. The Labute approximate surface area is 115 Å². The van der Waals surface area contributed by atoms with Crippen molar-refractivity contribution in [3.8, 4) is 0 Å². The van der Waals surface area contributed by atoms with Gasteiger partial charge in [-0.3, -0.25) is 10.1 Å². The van der Waals surface area contributed by atoms with E-state index in [0.29, 0.717) is 6.04 Å². The summed E-state index contributed by atoms with van der Waals surface area (Å²) in [5.74, 6) is 0.120. The summed E-state index contributed by atoms with van der Waals surface area (Å²) in [7, 11) is 0. The molecule has 0 bridgehead atoms. The molecule has 1 aromatic rings. The topological polar surface area (TPSA) is 41.1 Å². The van der Waals surface area contributed by atoms with Crippen molar-refractivity contribution >= 4 is 5.91 Å². The van der Waals surface area contributed by atoms with Crippen molar-refractivity contribution < 1.29 is 4.79 Å². The zero-order chi connectivity index (χ0) is 13.7.